The number of fused-ring (bicyclic) bond motifs is 2. The summed E-state index contributed by atoms with van der Waals surface area (Å²) < 4.78 is 25.5. The lowest BCUT2D eigenvalue weighted by atomic mass is 10.0. The first-order valence-corrected chi connectivity index (χ1v) is 18.2. The second-order valence-electron chi connectivity index (χ2n) is 13.3. The maximum Gasteiger partial charge on any atom is 0.206 e. The molecule has 8 nitrogen and oxygen atoms in total. The lowest BCUT2D eigenvalue weighted by Crippen LogP contribution is -2.38. The van der Waals surface area contributed by atoms with Crippen molar-refractivity contribution in [3.8, 4) is 11.5 Å². The van der Waals surface area contributed by atoms with Crippen molar-refractivity contribution in [2.75, 3.05) is 50.0 Å². The van der Waals surface area contributed by atoms with Crippen LogP contribution < -0.4 is 25.4 Å². The standard InChI is InChI=1S/C26H32FN3O2.C15H19N3/c1-4-31-23-15-19(16-24(26(23)27)32-5-2)17-30-12-10-20(11-13-30)28-25-14-18(3)21-8-6-7-9-22(21)29-25;1-11-10-15(17-12-6-8-16-9-7-12)18-14-5-3-2-4-13(11)14/h6-9,14-16,20H,4-5,10-13,17H2,1-3H3,(H,28,29);2-5,10,12,16H,6-9H2,1H3,(H,17,18). The van der Waals surface area contributed by atoms with Crippen LogP contribution in [-0.2, 0) is 6.54 Å². The van der Waals surface area contributed by atoms with Crippen LogP contribution in [0.1, 0.15) is 56.2 Å². The fourth-order valence-electron chi connectivity index (χ4n) is 6.96. The summed E-state index contributed by atoms with van der Waals surface area (Å²) >= 11 is 0. The number of anilines is 2. The van der Waals surface area contributed by atoms with Gasteiger partial charge in [-0.05, 0) is 120 Å². The van der Waals surface area contributed by atoms with E-state index in [9.17, 15) is 4.39 Å². The Balaban J connectivity index is 0.000000202. The minimum absolute atomic E-state index is 0.266. The summed E-state index contributed by atoms with van der Waals surface area (Å²) in [6, 6.07) is 25.4. The van der Waals surface area contributed by atoms with Crippen molar-refractivity contribution < 1.29 is 13.9 Å². The number of aryl methyl sites for hydroxylation is 2. The number of hydrogen-bond acceptors (Lipinski definition) is 8. The number of piperidine rings is 2. The van der Waals surface area contributed by atoms with Gasteiger partial charge in [0, 0.05) is 42.5 Å². The Morgan fingerprint density at radius 2 is 1.20 bits per heavy atom. The van der Waals surface area contributed by atoms with Gasteiger partial charge in [0.2, 0.25) is 5.82 Å². The van der Waals surface area contributed by atoms with E-state index in [1.165, 1.54) is 34.7 Å². The van der Waals surface area contributed by atoms with Crippen molar-refractivity contribution in [2.45, 2.75) is 72.0 Å². The first-order chi connectivity index (χ1) is 24.4. The highest BCUT2D eigenvalue weighted by molar-refractivity contribution is 5.84. The Labute approximate surface area is 295 Å². The number of hydrogen-bond donors (Lipinski definition) is 3. The van der Waals surface area contributed by atoms with Crippen LogP contribution in [0.2, 0.25) is 0 Å². The summed E-state index contributed by atoms with van der Waals surface area (Å²) in [4.78, 5) is 11.9. The quantitative estimate of drug-likeness (QED) is 0.136. The molecule has 0 atom stereocenters. The van der Waals surface area contributed by atoms with Crippen LogP contribution in [-0.4, -0.2) is 66.3 Å². The van der Waals surface area contributed by atoms with Crippen LogP contribution >= 0.6 is 0 Å². The molecular formula is C41H51FN6O2. The summed E-state index contributed by atoms with van der Waals surface area (Å²) in [6.07, 6.45) is 4.41. The summed E-state index contributed by atoms with van der Waals surface area (Å²) in [5.74, 6) is 2.07. The molecule has 0 amide bonds. The molecule has 3 N–H and O–H groups in total. The Bertz CT molecular complexity index is 1840. The zero-order chi connectivity index (χ0) is 34.9. The van der Waals surface area contributed by atoms with E-state index in [0.717, 1.165) is 73.8 Å². The number of ether oxygens (including phenoxy) is 2. The lowest BCUT2D eigenvalue weighted by molar-refractivity contribution is 0.210. The molecule has 7 rings (SSSR count). The molecule has 0 unspecified atom stereocenters. The minimum Gasteiger partial charge on any atom is -0.491 e. The second kappa shape index (κ2) is 17.0. The van der Waals surface area contributed by atoms with Gasteiger partial charge in [0.1, 0.15) is 11.6 Å². The van der Waals surface area contributed by atoms with Gasteiger partial charge in [0.15, 0.2) is 11.5 Å². The van der Waals surface area contributed by atoms with Crippen LogP contribution in [0, 0.1) is 19.7 Å². The van der Waals surface area contributed by atoms with Crippen LogP contribution in [0.3, 0.4) is 0 Å². The molecule has 2 aliphatic heterocycles. The Kier molecular flexibility index (Phi) is 12.0. The number of likely N-dealkylation sites (tertiary alicyclic amines) is 1. The molecule has 2 fully saturated rings. The number of rotatable bonds is 10. The van der Waals surface area contributed by atoms with Gasteiger partial charge in [-0.15, -0.1) is 0 Å². The number of pyridine rings is 2. The fraction of sp³-hybridized carbons (Fsp3) is 0.415. The molecule has 3 aromatic carbocycles. The topological polar surface area (TPSA) is 83.6 Å². The van der Waals surface area contributed by atoms with Gasteiger partial charge in [-0.25, -0.2) is 9.97 Å². The second-order valence-corrected chi connectivity index (χ2v) is 13.3. The average Bonchev–Trinajstić information content (AvgIpc) is 3.12. The molecule has 5 aromatic rings. The van der Waals surface area contributed by atoms with E-state index in [-0.39, 0.29) is 11.5 Å². The van der Waals surface area contributed by atoms with E-state index in [2.05, 4.69) is 83.2 Å². The predicted molar refractivity (Wildman–Crippen MR) is 203 cm³/mol. The third-order valence-electron chi connectivity index (χ3n) is 9.55. The molecule has 0 bridgehead atoms. The van der Waals surface area contributed by atoms with E-state index >= 15 is 0 Å². The highest BCUT2D eigenvalue weighted by Gasteiger charge is 2.21. The lowest BCUT2D eigenvalue weighted by Gasteiger charge is -2.33. The number of para-hydroxylation sites is 2. The van der Waals surface area contributed by atoms with Crippen molar-refractivity contribution in [3.05, 3.63) is 95.3 Å². The highest BCUT2D eigenvalue weighted by atomic mass is 19.1. The van der Waals surface area contributed by atoms with Gasteiger partial charge in [-0.1, -0.05) is 36.4 Å². The molecule has 50 heavy (non-hydrogen) atoms. The Morgan fingerprint density at radius 1 is 0.720 bits per heavy atom. The number of aromatic nitrogens is 2. The molecule has 2 aliphatic rings. The third-order valence-corrected chi connectivity index (χ3v) is 9.55. The van der Waals surface area contributed by atoms with Gasteiger partial charge < -0.3 is 25.4 Å². The maximum absolute atomic E-state index is 14.5. The number of nitrogens with zero attached hydrogens (tertiary/aromatic N) is 3. The number of nitrogens with one attached hydrogen (secondary N) is 3. The molecular weight excluding hydrogens is 627 g/mol. The highest BCUT2D eigenvalue weighted by Crippen LogP contribution is 2.31. The first-order valence-electron chi connectivity index (χ1n) is 18.2. The van der Waals surface area contributed by atoms with Gasteiger partial charge in [0.25, 0.3) is 0 Å². The largest absolute Gasteiger partial charge is 0.491 e. The summed E-state index contributed by atoms with van der Waals surface area (Å²) in [7, 11) is 0. The van der Waals surface area contributed by atoms with Crippen LogP contribution in [0.5, 0.6) is 11.5 Å². The van der Waals surface area contributed by atoms with Crippen molar-refractivity contribution in [1.29, 1.82) is 0 Å². The third kappa shape index (κ3) is 9.00. The molecule has 264 valence electrons. The fourth-order valence-corrected chi connectivity index (χ4v) is 6.96. The van der Waals surface area contributed by atoms with Gasteiger partial charge in [0.05, 0.1) is 24.2 Å². The molecule has 4 heterocycles. The maximum atomic E-state index is 14.5. The normalized spacial score (nSPS) is 15.8. The van der Waals surface area contributed by atoms with Gasteiger partial charge in [-0.2, -0.15) is 4.39 Å². The minimum atomic E-state index is -0.418. The van der Waals surface area contributed by atoms with Crippen LogP contribution in [0.25, 0.3) is 21.8 Å². The molecule has 2 saturated heterocycles. The first kappa shape index (κ1) is 35.4. The van der Waals surface area contributed by atoms with E-state index in [0.29, 0.717) is 25.3 Å². The van der Waals surface area contributed by atoms with Crippen LogP contribution in [0.15, 0.2) is 72.8 Å². The molecule has 9 heteroatoms. The van der Waals surface area contributed by atoms with E-state index < -0.39 is 5.82 Å². The van der Waals surface area contributed by atoms with Crippen molar-refractivity contribution in [3.63, 3.8) is 0 Å². The van der Waals surface area contributed by atoms with E-state index in [1.54, 1.807) is 12.1 Å². The van der Waals surface area contributed by atoms with E-state index in [1.807, 2.05) is 26.0 Å². The zero-order valence-electron chi connectivity index (χ0n) is 29.9. The summed E-state index contributed by atoms with van der Waals surface area (Å²) in [6.45, 7) is 13.7. The Morgan fingerprint density at radius 3 is 1.70 bits per heavy atom. The molecule has 0 radical (unpaired) electrons. The van der Waals surface area contributed by atoms with Gasteiger partial charge in [-0.3, -0.25) is 4.90 Å². The molecule has 0 saturated carbocycles. The zero-order valence-corrected chi connectivity index (χ0v) is 29.9. The van der Waals surface area contributed by atoms with Crippen molar-refractivity contribution in [2.24, 2.45) is 0 Å². The molecule has 0 spiro atoms. The predicted octanol–water partition coefficient (Wildman–Crippen LogP) is 8.26. The number of halogens is 1. The summed E-state index contributed by atoms with van der Waals surface area (Å²) in [5, 5.41) is 13.0. The molecule has 2 aromatic heterocycles. The Hall–Kier alpha value is -4.47. The van der Waals surface area contributed by atoms with Crippen LogP contribution in [0.4, 0.5) is 16.0 Å². The van der Waals surface area contributed by atoms with Crippen molar-refractivity contribution >= 4 is 33.4 Å². The summed E-state index contributed by atoms with van der Waals surface area (Å²) in [5.41, 5.74) is 5.64. The van der Waals surface area contributed by atoms with Crippen molar-refractivity contribution in [1.82, 2.24) is 20.2 Å². The van der Waals surface area contributed by atoms with E-state index in [4.69, 9.17) is 19.4 Å². The van der Waals surface area contributed by atoms with Gasteiger partial charge >= 0.3 is 0 Å². The SMILES string of the molecule is CCOc1cc(CN2CCC(Nc3cc(C)c4ccccc4n3)CC2)cc(OCC)c1F.Cc1cc(NC2CCNCC2)nc2ccccc12. The number of benzene rings is 3. The molecule has 0 aliphatic carbocycles. The monoisotopic (exact) mass is 678 g/mol. The average molecular weight is 679 g/mol. The smallest absolute Gasteiger partial charge is 0.206 e.